The van der Waals surface area contributed by atoms with Crippen LogP contribution in [0.4, 0.5) is 5.69 Å². The molecule has 4 rings (SSSR count). The van der Waals surface area contributed by atoms with Crippen molar-refractivity contribution >= 4 is 35.9 Å². The Morgan fingerprint density at radius 3 is 2.27 bits per heavy atom. The first-order chi connectivity index (χ1) is 15.5. The summed E-state index contributed by atoms with van der Waals surface area (Å²) in [4.78, 5) is 2.11. The van der Waals surface area contributed by atoms with E-state index in [9.17, 15) is 0 Å². The van der Waals surface area contributed by atoms with Crippen molar-refractivity contribution in [3.63, 3.8) is 0 Å². The number of fused-ring (bicyclic) bond motifs is 1. The van der Waals surface area contributed by atoms with E-state index in [1.807, 2.05) is 0 Å². The van der Waals surface area contributed by atoms with Crippen molar-refractivity contribution in [2.45, 2.75) is 36.3 Å². The average molecular weight is 515 g/mol. The standard InChI is InChI=1S/C28H30N.2ClH.H2N.Ti/c1-20-17-23(29(4)5)15-16-27(20)28(2,3)19-26-24-14-10-9-13-22(24)18-25(26)21-11-7-6-8-12-21;;;;/h6-18,26H,1,19H2,2-5H3;2*1H;1H2;/q;;;-1;+3/p-2. The second-order valence-corrected chi connectivity index (χ2v) is 19.2. The molecule has 0 saturated heterocycles. The Morgan fingerprint density at radius 1 is 0.939 bits per heavy atom. The third-order valence-corrected chi connectivity index (χ3v) is 9.07. The maximum absolute atomic E-state index is 6.47. The van der Waals surface area contributed by atoms with Gasteiger partial charge in [-0.3, -0.25) is 0 Å². The quantitative estimate of drug-likeness (QED) is 0.329. The second kappa shape index (κ2) is 9.60. The molecule has 3 aromatic carbocycles. The van der Waals surface area contributed by atoms with Crippen molar-refractivity contribution in [1.29, 1.82) is 0 Å². The van der Waals surface area contributed by atoms with Crippen molar-refractivity contribution in [2.24, 2.45) is 4.22 Å². The molecule has 33 heavy (non-hydrogen) atoms. The van der Waals surface area contributed by atoms with Gasteiger partial charge in [-0.1, -0.05) is 0 Å². The number of nitrogens with two attached hydrogens (primary N) is 1. The fourth-order valence-electron chi connectivity index (χ4n) is 5.07. The Labute approximate surface area is 209 Å². The van der Waals surface area contributed by atoms with Crippen LogP contribution in [0.3, 0.4) is 0 Å². The van der Waals surface area contributed by atoms with E-state index in [1.165, 1.54) is 33.4 Å². The van der Waals surface area contributed by atoms with Gasteiger partial charge in [-0.25, -0.2) is 0 Å². The Morgan fingerprint density at radius 2 is 1.61 bits per heavy atom. The predicted molar refractivity (Wildman–Crippen MR) is 142 cm³/mol. The SMILES string of the molecule is CN(C)c1ccc(C(C)(C)CC2C(c3ccccc3)=Cc3ccccc32)c([CH2][Ti]([NH2])([Cl])[Cl])c1. The van der Waals surface area contributed by atoms with Gasteiger partial charge in [-0.15, -0.1) is 0 Å². The van der Waals surface area contributed by atoms with E-state index >= 15 is 0 Å². The monoisotopic (exact) mass is 514 g/mol. The fraction of sp³-hybridized carbons (Fsp3) is 0.286. The molecule has 172 valence electrons. The Hall–Kier alpha value is -1.55. The summed E-state index contributed by atoms with van der Waals surface area (Å²) in [7, 11) is 17.0. The van der Waals surface area contributed by atoms with Crippen LogP contribution in [0.15, 0.2) is 72.8 Å². The van der Waals surface area contributed by atoms with Gasteiger partial charge in [0.1, 0.15) is 0 Å². The average Bonchev–Trinajstić information content (AvgIpc) is 3.11. The van der Waals surface area contributed by atoms with Gasteiger partial charge in [0.05, 0.1) is 0 Å². The van der Waals surface area contributed by atoms with Crippen molar-refractivity contribution < 1.29 is 14.7 Å². The van der Waals surface area contributed by atoms with Crippen LogP contribution >= 0.6 is 18.6 Å². The topological polar surface area (TPSA) is 29.3 Å². The molecular weight excluding hydrogens is 483 g/mol. The Bertz CT molecular complexity index is 1160. The second-order valence-electron chi connectivity index (χ2n) is 9.91. The van der Waals surface area contributed by atoms with Gasteiger partial charge < -0.3 is 0 Å². The van der Waals surface area contributed by atoms with Gasteiger partial charge in [0.25, 0.3) is 0 Å². The van der Waals surface area contributed by atoms with Gasteiger partial charge in [0.2, 0.25) is 0 Å². The molecule has 0 amide bonds. The van der Waals surface area contributed by atoms with E-state index < -0.39 is 14.7 Å². The first-order valence-electron chi connectivity index (χ1n) is 11.4. The van der Waals surface area contributed by atoms with Crippen LogP contribution in [-0.2, 0) is 24.9 Å². The zero-order chi connectivity index (χ0) is 23.8. The van der Waals surface area contributed by atoms with Crippen LogP contribution in [0.25, 0.3) is 11.6 Å². The van der Waals surface area contributed by atoms with E-state index in [0.29, 0.717) is 10.6 Å². The maximum atomic E-state index is 6.47. The first-order valence-corrected chi connectivity index (χ1v) is 17.7. The molecule has 1 atom stereocenters. The van der Waals surface area contributed by atoms with E-state index in [0.717, 1.165) is 12.1 Å². The van der Waals surface area contributed by atoms with E-state index in [2.05, 4.69) is 112 Å². The molecule has 0 saturated carbocycles. The summed E-state index contributed by atoms with van der Waals surface area (Å²) < 4.78 is 6.80. The molecule has 1 unspecified atom stereocenters. The van der Waals surface area contributed by atoms with Crippen LogP contribution < -0.4 is 9.12 Å². The van der Waals surface area contributed by atoms with E-state index in [4.69, 9.17) is 22.8 Å². The molecule has 1 aliphatic rings. The summed E-state index contributed by atoms with van der Waals surface area (Å²) >= 11 is -3.35. The normalized spacial score (nSPS) is 15.8. The van der Waals surface area contributed by atoms with Crippen molar-refractivity contribution in [2.75, 3.05) is 19.0 Å². The molecule has 5 heteroatoms. The van der Waals surface area contributed by atoms with Crippen molar-refractivity contribution in [1.82, 2.24) is 0 Å². The van der Waals surface area contributed by atoms with Crippen LogP contribution in [-0.4, -0.2) is 14.1 Å². The number of hydrogen-bond acceptors (Lipinski definition) is 2. The zero-order valence-electron chi connectivity index (χ0n) is 19.8. The molecule has 0 aliphatic heterocycles. The number of hydrogen-bond donors (Lipinski definition) is 1. The molecule has 0 bridgehead atoms. The number of anilines is 1. The molecule has 2 nitrogen and oxygen atoms in total. The summed E-state index contributed by atoms with van der Waals surface area (Å²) in [5, 5.41) is 0. The number of nitrogens with zero attached hydrogens (tertiary/aromatic N) is 1. The summed E-state index contributed by atoms with van der Waals surface area (Å²) in [6, 6.07) is 26.2. The third-order valence-electron chi connectivity index (χ3n) is 6.64. The molecule has 3 aromatic rings. The van der Waals surface area contributed by atoms with Crippen LogP contribution in [0.5, 0.6) is 0 Å². The van der Waals surface area contributed by atoms with Crippen molar-refractivity contribution in [3.05, 3.63) is 101 Å². The zero-order valence-corrected chi connectivity index (χ0v) is 22.9. The summed E-state index contributed by atoms with van der Waals surface area (Å²) in [5.74, 6) is 0.316. The molecule has 2 N–H and O–H groups in total. The molecule has 0 spiro atoms. The number of allylic oxidation sites excluding steroid dienone is 1. The predicted octanol–water partition coefficient (Wildman–Crippen LogP) is 7.59. The number of halogens is 2. The molecule has 0 heterocycles. The summed E-state index contributed by atoms with van der Waals surface area (Å²) in [5.41, 5.74) is 8.89. The minimum absolute atomic E-state index is 0.0998. The van der Waals surface area contributed by atoms with Gasteiger partial charge >= 0.3 is 211 Å². The minimum atomic E-state index is -3.35. The molecule has 0 fully saturated rings. The number of benzene rings is 3. The van der Waals surface area contributed by atoms with Crippen molar-refractivity contribution in [3.8, 4) is 0 Å². The van der Waals surface area contributed by atoms with Gasteiger partial charge in [0.15, 0.2) is 0 Å². The Kier molecular flexibility index (Phi) is 7.15. The molecule has 0 radical (unpaired) electrons. The summed E-state index contributed by atoms with van der Waals surface area (Å²) in [6.45, 7) is 4.66. The third kappa shape index (κ3) is 5.58. The van der Waals surface area contributed by atoms with Crippen LogP contribution in [0, 0.1) is 0 Å². The Balaban J connectivity index is 1.75. The van der Waals surface area contributed by atoms with E-state index in [-0.39, 0.29) is 5.41 Å². The van der Waals surface area contributed by atoms with Gasteiger partial charge in [0, 0.05) is 0 Å². The molecule has 1 aliphatic carbocycles. The first kappa shape index (κ1) is 24.6. The van der Waals surface area contributed by atoms with E-state index in [1.54, 1.807) is 0 Å². The van der Waals surface area contributed by atoms with Gasteiger partial charge in [-0.05, 0) is 0 Å². The number of rotatable bonds is 7. The van der Waals surface area contributed by atoms with Crippen LogP contribution in [0.2, 0.25) is 0 Å². The van der Waals surface area contributed by atoms with Crippen LogP contribution in [0.1, 0.15) is 54.0 Å². The fourth-order valence-corrected chi connectivity index (χ4v) is 7.51. The van der Waals surface area contributed by atoms with Gasteiger partial charge in [-0.2, -0.15) is 0 Å². The molecule has 0 aromatic heterocycles. The molecular formula is C28H32Cl2N2Ti. The summed E-state index contributed by atoms with van der Waals surface area (Å²) in [6.07, 6.45) is 3.34.